The molecule has 2 aromatic carbocycles. The Labute approximate surface area is 136 Å². The summed E-state index contributed by atoms with van der Waals surface area (Å²) in [6.45, 7) is 0. The fourth-order valence-corrected chi connectivity index (χ4v) is 2.56. The number of rotatable bonds is 7. The van der Waals surface area contributed by atoms with Gasteiger partial charge >= 0.3 is 5.97 Å². The van der Waals surface area contributed by atoms with Gasteiger partial charge < -0.3 is 5.11 Å². The average molecular weight is 315 g/mol. The maximum Gasteiger partial charge on any atom is 0.328 e. The van der Waals surface area contributed by atoms with Crippen molar-refractivity contribution in [1.82, 2.24) is 0 Å². The van der Waals surface area contributed by atoms with Gasteiger partial charge in [-0.05, 0) is 41.5 Å². The van der Waals surface area contributed by atoms with Crippen molar-refractivity contribution in [2.24, 2.45) is 0 Å². The zero-order valence-corrected chi connectivity index (χ0v) is 13.1. The van der Waals surface area contributed by atoms with Gasteiger partial charge in [-0.25, -0.2) is 4.79 Å². The number of unbranched alkanes of at least 4 members (excludes halogenated alkanes) is 1. The molecule has 0 fully saturated rings. The van der Waals surface area contributed by atoms with Crippen LogP contribution in [0.25, 0.3) is 16.7 Å². The summed E-state index contributed by atoms with van der Waals surface area (Å²) in [4.78, 5) is 11.0. The van der Waals surface area contributed by atoms with Gasteiger partial charge in [-0.3, -0.25) is 0 Å². The van der Waals surface area contributed by atoms with Crippen LogP contribution in [0.5, 0.6) is 0 Å². The molecule has 0 saturated heterocycles. The largest absolute Gasteiger partial charge is 0.478 e. The predicted molar refractivity (Wildman–Crippen MR) is 92.1 cm³/mol. The molecule has 0 atom stereocenters. The third-order valence-corrected chi connectivity index (χ3v) is 3.76. The number of allylic oxidation sites excluding steroid dienone is 1. The number of carboxylic acids is 1. The summed E-state index contributed by atoms with van der Waals surface area (Å²) in [6, 6.07) is 18.1. The zero-order valence-electron chi connectivity index (χ0n) is 12.3. The maximum absolute atomic E-state index is 11.0. The SMILES string of the molecule is O=C(O)C=C(CCCCCl)c1ccc(-c2ccccc2)cc1. The number of benzene rings is 2. The number of carbonyl (C=O) groups is 1. The van der Waals surface area contributed by atoms with E-state index >= 15 is 0 Å². The molecule has 3 heteroatoms. The predicted octanol–water partition coefficient (Wildman–Crippen LogP) is 5.23. The molecule has 2 rings (SSSR count). The molecule has 0 unspecified atom stereocenters. The Morgan fingerprint density at radius 1 is 0.955 bits per heavy atom. The molecule has 2 aromatic rings. The van der Waals surface area contributed by atoms with Gasteiger partial charge in [-0.15, -0.1) is 11.6 Å². The van der Waals surface area contributed by atoms with Gasteiger partial charge in [0.25, 0.3) is 0 Å². The van der Waals surface area contributed by atoms with Crippen LogP contribution in [0, 0.1) is 0 Å². The van der Waals surface area contributed by atoms with E-state index < -0.39 is 5.97 Å². The minimum atomic E-state index is -0.909. The van der Waals surface area contributed by atoms with E-state index in [0.29, 0.717) is 5.88 Å². The van der Waals surface area contributed by atoms with E-state index in [0.717, 1.165) is 41.5 Å². The van der Waals surface area contributed by atoms with E-state index in [2.05, 4.69) is 12.1 Å². The zero-order chi connectivity index (χ0) is 15.8. The molecule has 0 heterocycles. The van der Waals surface area contributed by atoms with Crippen molar-refractivity contribution in [2.45, 2.75) is 19.3 Å². The minimum absolute atomic E-state index is 0.604. The van der Waals surface area contributed by atoms with Gasteiger partial charge in [0.2, 0.25) is 0 Å². The second-order valence-electron chi connectivity index (χ2n) is 5.10. The first-order valence-electron chi connectivity index (χ1n) is 7.36. The molecule has 114 valence electrons. The summed E-state index contributed by atoms with van der Waals surface area (Å²) in [5.41, 5.74) is 4.08. The smallest absolute Gasteiger partial charge is 0.328 e. The molecule has 0 amide bonds. The van der Waals surface area contributed by atoms with Crippen molar-refractivity contribution in [3.63, 3.8) is 0 Å². The van der Waals surface area contributed by atoms with Gasteiger partial charge in [0.05, 0.1) is 0 Å². The Hall–Kier alpha value is -2.06. The van der Waals surface area contributed by atoms with Crippen molar-refractivity contribution >= 4 is 23.1 Å². The lowest BCUT2D eigenvalue weighted by atomic mass is 9.97. The molecular formula is C19H19ClO2. The number of hydrogen-bond acceptors (Lipinski definition) is 1. The van der Waals surface area contributed by atoms with Gasteiger partial charge in [0, 0.05) is 12.0 Å². The highest BCUT2D eigenvalue weighted by Crippen LogP contribution is 2.25. The second kappa shape index (κ2) is 8.40. The van der Waals surface area contributed by atoms with Crippen LogP contribution in [0.4, 0.5) is 0 Å². The van der Waals surface area contributed by atoms with Crippen LogP contribution >= 0.6 is 11.6 Å². The quantitative estimate of drug-likeness (QED) is 0.431. The first-order valence-corrected chi connectivity index (χ1v) is 7.89. The van der Waals surface area contributed by atoms with Crippen LogP contribution < -0.4 is 0 Å². The number of alkyl halides is 1. The summed E-state index contributed by atoms with van der Waals surface area (Å²) in [7, 11) is 0. The van der Waals surface area contributed by atoms with E-state index in [1.54, 1.807) is 0 Å². The highest BCUT2D eigenvalue weighted by molar-refractivity contribution is 6.17. The summed E-state index contributed by atoms with van der Waals surface area (Å²) >= 11 is 5.69. The van der Waals surface area contributed by atoms with Crippen molar-refractivity contribution in [3.05, 3.63) is 66.2 Å². The van der Waals surface area contributed by atoms with Crippen LogP contribution in [-0.2, 0) is 4.79 Å². The van der Waals surface area contributed by atoms with E-state index in [-0.39, 0.29) is 0 Å². The lowest BCUT2D eigenvalue weighted by Gasteiger charge is -2.08. The molecule has 0 aliphatic rings. The van der Waals surface area contributed by atoms with Gasteiger partial charge in [-0.1, -0.05) is 54.6 Å². The Balaban J connectivity index is 2.20. The van der Waals surface area contributed by atoms with Crippen LogP contribution in [0.1, 0.15) is 24.8 Å². The molecule has 0 bridgehead atoms. The molecule has 2 nitrogen and oxygen atoms in total. The summed E-state index contributed by atoms with van der Waals surface area (Å²) in [6.07, 6.45) is 3.80. The standard InChI is InChI=1S/C19H19ClO2/c20-13-5-4-8-18(14-19(21)22)17-11-9-16(10-12-17)15-6-2-1-3-7-15/h1-3,6-7,9-12,14H,4-5,8,13H2,(H,21,22). The van der Waals surface area contributed by atoms with Gasteiger partial charge in [0.15, 0.2) is 0 Å². The summed E-state index contributed by atoms with van der Waals surface area (Å²) in [5, 5.41) is 9.03. The Morgan fingerprint density at radius 2 is 1.59 bits per heavy atom. The molecule has 0 aromatic heterocycles. The third-order valence-electron chi connectivity index (χ3n) is 3.49. The van der Waals surface area contributed by atoms with Gasteiger partial charge in [-0.2, -0.15) is 0 Å². The number of hydrogen-bond donors (Lipinski definition) is 1. The van der Waals surface area contributed by atoms with E-state index in [4.69, 9.17) is 16.7 Å². The van der Waals surface area contributed by atoms with E-state index in [1.807, 2.05) is 42.5 Å². The van der Waals surface area contributed by atoms with Crippen LogP contribution in [-0.4, -0.2) is 17.0 Å². The topological polar surface area (TPSA) is 37.3 Å². The van der Waals surface area contributed by atoms with Crippen LogP contribution in [0.3, 0.4) is 0 Å². The molecule has 0 saturated carbocycles. The normalized spacial score (nSPS) is 11.4. The van der Waals surface area contributed by atoms with E-state index in [9.17, 15) is 4.79 Å². The van der Waals surface area contributed by atoms with Gasteiger partial charge in [0.1, 0.15) is 0 Å². The first kappa shape index (κ1) is 16.3. The summed E-state index contributed by atoms with van der Waals surface area (Å²) in [5.74, 6) is -0.305. The molecule has 1 N–H and O–H groups in total. The fraction of sp³-hybridized carbons (Fsp3) is 0.211. The number of halogens is 1. The highest BCUT2D eigenvalue weighted by Gasteiger charge is 2.05. The van der Waals surface area contributed by atoms with E-state index in [1.165, 1.54) is 6.08 Å². The van der Waals surface area contributed by atoms with Crippen molar-refractivity contribution in [3.8, 4) is 11.1 Å². The van der Waals surface area contributed by atoms with Crippen molar-refractivity contribution in [2.75, 3.05) is 5.88 Å². The molecule has 0 aliphatic heterocycles. The van der Waals surface area contributed by atoms with Crippen LogP contribution in [0.2, 0.25) is 0 Å². The second-order valence-corrected chi connectivity index (χ2v) is 5.48. The highest BCUT2D eigenvalue weighted by atomic mass is 35.5. The number of carboxylic acid groups (broad SMARTS) is 1. The molecule has 0 radical (unpaired) electrons. The minimum Gasteiger partial charge on any atom is -0.478 e. The molecular weight excluding hydrogens is 296 g/mol. The average Bonchev–Trinajstić information content (AvgIpc) is 2.55. The van der Waals surface area contributed by atoms with Crippen molar-refractivity contribution in [1.29, 1.82) is 0 Å². The Bertz CT molecular complexity index is 630. The lowest BCUT2D eigenvalue weighted by molar-refractivity contribution is -0.131. The van der Waals surface area contributed by atoms with Crippen LogP contribution in [0.15, 0.2) is 60.7 Å². The summed E-state index contributed by atoms with van der Waals surface area (Å²) < 4.78 is 0. The van der Waals surface area contributed by atoms with Crippen molar-refractivity contribution < 1.29 is 9.90 Å². The maximum atomic E-state index is 11.0. The molecule has 0 aliphatic carbocycles. The lowest BCUT2D eigenvalue weighted by Crippen LogP contribution is -1.94. The molecule has 0 spiro atoms. The Morgan fingerprint density at radius 3 is 2.18 bits per heavy atom. The first-order chi connectivity index (χ1) is 10.7. The third kappa shape index (κ3) is 4.74. The number of aliphatic carboxylic acids is 1. The Kier molecular flexibility index (Phi) is 6.23. The molecule has 22 heavy (non-hydrogen) atoms. The monoisotopic (exact) mass is 314 g/mol. The fourth-order valence-electron chi connectivity index (χ4n) is 2.37.